The zero-order chi connectivity index (χ0) is 24.4. The number of halogens is 1. The summed E-state index contributed by atoms with van der Waals surface area (Å²) in [7, 11) is 0. The topological polar surface area (TPSA) is 133 Å². The summed E-state index contributed by atoms with van der Waals surface area (Å²) < 4.78 is 15.2. The van der Waals surface area contributed by atoms with Gasteiger partial charge < -0.3 is 19.0 Å². The van der Waals surface area contributed by atoms with E-state index >= 15 is 0 Å². The number of aliphatic carboxylic acids is 1. The normalized spacial score (nSPS) is 18.2. The van der Waals surface area contributed by atoms with Crippen LogP contribution in [0, 0.1) is 24.2 Å². The van der Waals surface area contributed by atoms with E-state index in [0.717, 1.165) is 0 Å². The predicted octanol–water partition coefficient (Wildman–Crippen LogP) is 4.18. The number of hydrogen-bond acceptors (Lipinski definition) is 8. The van der Waals surface area contributed by atoms with Gasteiger partial charge >= 0.3 is 17.9 Å². The highest BCUT2D eigenvalue weighted by Crippen LogP contribution is 2.43. The summed E-state index contributed by atoms with van der Waals surface area (Å²) in [5.41, 5.74) is 0.705. The zero-order valence-corrected chi connectivity index (χ0v) is 19.5. The highest BCUT2D eigenvalue weighted by Gasteiger charge is 2.49. The molecule has 0 saturated heterocycles. The molecule has 1 N–H and O–H groups in total. The van der Waals surface area contributed by atoms with E-state index in [9.17, 15) is 19.2 Å². The summed E-state index contributed by atoms with van der Waals surface area (Å²) in [6, 6.07) is 3.10. The molecule has 1 saturated carbocycles. The lowest BCUT2D eigenvalue weighted by Gasteiger charge is -2.12. The molecule has 0 aliphatic heterocycles. The van der Waals surface area contributed by atoms with Crippen LogP contribution in [0.3, 0.4) is 0 Å². The molecular weight excluding hydrogens is 442 g/mol. The number of esters is 2. The zero-order valence-electron chi connectivity index (χ0n) is 18.7. The number of carbonyl (C=O) groups is 4. The molecule has 1 aromatic heterocycles. The maximum atomic E-state index is 12.6. The van der Waals surface area contributed by atoms with Crippen LogP contribution in [-0.2, 0) is 23.9 Å². The van der Waals surface area contributed by atoms with Gasteiger partial charge in [-0.05, 0) is 39.3 Å². The molecule has 2 aromatic rings. The van der Waals surface area contributed by atoms with Gasteiger partial charge in [-0.25, -0.2) is 4.98 Å². The summed E-state index contributed by atoms with van der Waals surface area (Å²) in [6.07, 6.45) is -0.598. The number of fused-ring (bicyclic) bond motifs is 1. The van der Waals surface area contributed by atoms with Crippen molar-refractivity contribution in [3.05, 3.63) is 28.6 Å². The standard InChI is InChI=1S/C17H16ClNO6.C5H10O2/c1-7-19-15-13(18)4-10(5-14(15)23-7)16(21)11-6-12(11)17(22)25-9(3)24-8(2)20;1-5(2,3)4(6)7/h4-5,9,11-12H,6H2,1-3H3;1-3H3,(H,6,7)/t9?,11-,12-;/m0./s1. The first-order chi connectivity index (χ1) is 14.7. The Labute approximate surface area is 190 Å². The Kier molecular flexibility index (Phi) is 7.66. The maximum Gasteiger partial charge on any atom is 0.312 e. The number of rotatable bonds is 5. The summed E-state index contributed by atoms with van der Waals surface area (Å²) in [5.74, 6) is -2.64. The Morgan fingerprint density at radius 1 is 1.19 bits per heavy atom. The first-order valence-electron chi connectivity index (χ1n) is 9.92. The van der Waals surface area contributed by atoms with Gasteiger partial charge in [0.25, 0.3) is 0 Å². The Hall–Kier alpha value is -2.94. The van der Waals surface area contributed by atoms with Crippen LogP contribution in [0.1, 0.15) is 57.3 Å². The van der Waals surface area contributed by atoms with Gasteiger partial charge in [0.15, 0.2) is 17.3 Å². The molecule has 1 aromatic carbocycles. The van der Waals surface area contributed by atoms with Crippen molar-refractivity contribution in [1.82, 2.24) is 4.98 Å². The van der Waals surface area contributed by atoms with Crippen molar-refractivity contribution < 1.29 is 38.2 Å². The lowest BCUT2D eigenvalue weighted by atomic mass is 9.98. The number of oxazole rings is 1. The fourth-order valence-corrected chi connectivity index (χ4v) is 2.96. The van der Waals surface area contributed by atoms with Gasteiger partial charge in [-0.3, -0.25) is 19.2 Å². The van der Waals surface area contributed by atoms with Crippen molar-refractivity contribution in [1.29, 1.82) is 0 Å². The minimum Gasteiger partial charge on any atom is -0.481 e. The largest absolute Gasteiger partial charge is 0.481 e. The third-order valence-electron chi connectivity index (χ3n) is 4.53. The van der Waals surface area contributed by atoms with E-state index in [1.54, 1.807) is 33.8 Å². The van der Waals surface area contributed by atoms with E-state index in [1.165, 1.54) is 19.9 Å². The van der Waals surface area contributed by atoms with Crippen molar-refractivity contribution in [3.63, 3.8) is 0 Å². The van der Waals surface area contributed by atoms with Crippen LogP contribution < -0.4 is 0 Å². The number of ether oxygens (including phenoxy) is 2. The monoisotopic (exact) mass is 467 g/mol. The van der Waals surface area contributed by atoms with Gasteiger partial charge in [0.05, 0.1) is 16.4 Å². The second kappa shape index (κ2) is 9.68. The third kappa shape index (κ3) is 6.53. The molecule has 1 fully saturated rings. The van der Waals surface area contributed by atoms with Crippen LogP contribution in [0.5, 0.6) is 0 Å². The first kappa shape index (κ1) is 25.3. The van der Waals surface area contributed by atoms with Crippen LogP contribution in [0.4, 0.5) is 0 Å². The first-order valence-corrected chi connectivity index (χ1v) is 10.3. The quantitative estimate of drug-likeness (QED) is 0.390. The molecule has 1 heterocycles. The summed E-state index contributed by atoms with van der Waals surface area (Å²) in [6.45, 7) is 9.34. The van der Waals surface area contributed by atoms with Crippen molar-refractivity contribution in [2.24, 2.45) is 17.3 Å². The smallest absolute Gasteiger partial charge is 0.312 e. The fraction of sp³-hybridized carbons (Fsp3) is 0.500. The second-order valence-electron chi connectivity index (χ2n) is 8.52. The summed E-state index contributed by atoms with van der Waals surface area (Å²) in [4.78, 5) is 49.6. The molecular formula is C22H26ClNO8. The van der Waals surface area contributed by atoms with Gasteiger partial charge in [-0.15, -0.1) is 0 Å². The maximum absolute atomic E-state index is 12.6. The SMILES string of the molecule is CC(=O)OC(C)OC(=O)[C@H]1C[C@@H]1C(=O)c1cc(Cl)c2nc(C)oc2c1.CC(C)(C)C(=O)O. The molecule has 9 nitrogen and oxygen atoms in total. The lowest BCUT2D eigenvalue weighted by molar-refractivity contribution is -0.184. The molecule has 3 atom stereocenters. The number of ketones is 1. The Bertz CT molecular complexity index is 1050. The van der Waals surface area contributed by atoms with Crippen LogP contribution in [0.2, 0.25) is 5.02 Å². The van der Waals surface area contributed by atoms with Gasteiger partial charge in [-0.2, -0.15) is 0 Å². The minimum absolute atomic E-state index is 0.208. The summed E-state index contributed by atoms with van der Waals surface area (Å²) in [5, 5.41) is 8.57. The van der Waals surface area contributed by atoms with Crippen molar-refractivity contribution >= 4 is 46.4 Å². The fourth-order valence-electron chi connectivity index (χ4n) is 2.71. The molecule has 1 unspecified atom stereocenters. The molecule has 1 aliphatic rings. The van der Waals surface area contributed by atoms with E-state index in [4.69, 9.17) is 30.6 Å². The number of hydrogen-bond donors (Lipinski definition) is 1. The number of carbonyl (C=O) groups excluding carboxylic acids is 3. The predicted molar refractivity (Wildman–Crippen MR) is 114 cm³/mol. The molecule has 3 rings (SSSR count). The van der Waals surface area contributed by atoms with Crippen LogP contribution in [0.15, 0.2) is 16.5 Å². The van der Waals surface area contributed by atoms with Gasteiger partial charge in [0.2, 0.25) is 6.29 Å². The molecule has 10 heteroatoms. The molecule has 1 aliphatic carbocycles. The van der Waals surface area contributed by atoms with E-state index in [1.807, 2.05) is 0 Å². The number of aryl methyl sites for hydroxylation is 1. The average molecular weight is 468 g/mol. The molecule has 0 bridgehead atoms. The Balaban J connectivity index is 0.000000451. The van der Waals surface area contributed by atoms with E-state index in [0.29, 0.717) is 34.0 Å². The molecule has 174 valence electrons. The van der Waals surface area contributed by atoms with Crippen LogP contribution >= 0.6 is 11.6 Å². The lowest BCUT2D eigenvalue weighted by Crippen LogP contribution is -2.22. The van der Waals surface area contributed by atoms with Crippen molar-refractivity contribution in [2.75, 3.05) is 0 Å². The summed E-state index contributed by atoms with van der Waals surface area (Å²) >= 11 is 6.15. The van der Waals surface area contributed by atoms with Crippen molar-refractivity contribution in [3.8, 4) is 0 Å². The Morgan fingerprint density at radius 3 is 2.31 bits per heavy atom. The highest BCUT2D eigenvalue weighted by atomic mass is 35.5. The molecule has 0 amide bonds. The number of benzene rings is 1. The van der Waals surface area contributed by atoms with Crippen molar-refractivity contribution in [2.45, 2.75) is 54.3 Å². The second-order valence-corrected chi connectivity index (χ2v) is 8.93. The number of nitrogens with zero attached hydrogens (tertiary/aromatic N) is 1. The van der Waals surface area contributed by atoms with Gasteiger partial charge in [0, 0.05) is 32.3 Å². The molecule has 0 radical (unpaired) electrons. The van der Waals surface area contributed by atoms with E-state index in [-0.39, 0.29) is 5.78 Å². The number of Topliss-reactive ketones (excluding diaryl/α,β-unsaturated/α-hetero) is 1. The minimum atomic E-state index is -0.982. The van der Waals surface area contributed by atoms with E-state index < -0.39 is 41.4 Å². The average Bonchev–Trinajstić information content (AvgIpc) is 3.35. The molecule has 32 heavy (non-hydrogen) atoms. The highest BCUT2D eigenvalue weighted by molar-refractivity contribution is 6.35. The van der Waals surface area contributed by atoms with Gasteiger partial charge in [0.1, 0.15) is 5.52 Å². The Morgan fingerprint density at radius 2 is 1.78 bits per heavy atom. The van der Waals surface area contributed by atoms with E-state index in [2.05, 4.69) is 4.98 Å². The number of carboxylic acid groups (broad SMARTS) is 1. The number of aromatic nitrogens is 1. The van der Waals surface area contributed by atoms with Gasteiger partial charge in [-0.1, -0.05) is 11.6 Å². The van der Waals surface area contributed by atoms with Crippen LogP contribution in [-0.4, -0.2) is 40.1 Å². The number of carboxylic acids is 1. The van der Waals surface area contributed by atoms with Crippen LogP contribution in [0.25, 0.3) is 11.1 Å². The molecule has 0 spiro atoms. The third-order valence-corrected chi connectivity index (χ3v) is 4.81.